The molecule has 0 spiro atoms. The highest BCUT2D eigenvalue weighted by molar-refractivity contribution is 5.84. The average Bonchev–Trinajstić information content (AvgIpc) is 2.94. The van der Waals surface area contributed by atoms with Crippen molar-refractivity contribution in [1.82, 2.24) is 4.90 Å². The van der Waals surface area contributed by atoms with Crippen LogP contribution >= 0.6 is 0 Å². The van der Waals surface area contributed by atoms with Crippen LogP contribution < -0.4 is 0 Å². The fourth-order valence-electron chi connectivity index (χ4n) is 3.41. The Labute approximate surface area is 146 Å². The molecule has 1 fully saturated rings. The van der Waals surface area contributed by atoms with Crippen LogP contribution in [0.15, 0.2) is 0 Å². The maximum atomic E-state index is 12.1. The summed E-state index contributed by atoms with van der Waals surface area (Å²) in [5.41, 5.74) is 0. The van der Waals surface area contributed by atoms with Gasteiger partial charge in [0.1, 0.15) is 6.04 Å². The van der Waals surface area contributed by atoms with Gasteiger partial charge in [0.2, 0.25) is 5.91 Å². The number of carbonyl (C=O) groups excluding carboxylic acids is 1. The van der Waals surface area contributed by atoms with Gasteiger partial charge in [-0.25, -0.2) is 4.79 Å². The fourth-order valence-corrected chi connectivity index (χ4v) is 3.41. The highest BCUT2D eigenvalue weighted by atomic mass is 16.4. The number of unbranched alkanes of at least 4 members (excludes halogenated alkanes) is 10. The summed E-state index contributed by atoms with van der Waals surface area (Å²) in [7, 11) is 0. The zero-order valence-corrected chi connectivity index (χ0v) is 15.2. The Morgan fingerprint density at radius 2 is 1.42 bits per heavy atom. The molecule has 1 aliphatic heterocycles. The zero-order valence-electron chi connectivity index (χ0n) is 15.2. The Balaban J connectivity index is 2.01. The number of aliphatic carboxylic acids is 1. The Kier molecular flexibility index (Phi) is 10.7. The number of rotatable bonds is 13. The van der Waals surface area contributed by atoms with Gasteiger partial charge >= 0.3 is 5.97 Å². The first-order valence-electron chi connectivity index (χ1n) is 9.76. The molecular weight excluding hydrogens is 306 g/mol. The Morgan fingerprint density at radius 1 is 0.917 bits per heavy atom. The SMILES string of the molecule is CCCCCCCCCCCCCC(=O)N1CC(O)CC1C(=O)O. The van der Waals surface area contributed by atoms with Crippen LogP contribution in [0.4, 0.5) is 0 Å². The second-order valence-electron chi connectivity index (χ2n) is 7.08. The molecule has 1 heterocycles. The van der Waals surface area contributed by atoms with Gasteiger partial charge in [-0.05, 0) is 6.42 Å². The van der Waals surface area contributed by atoms with Crippen LogP contribution in [0.3, 0.4) is 0 Å². The number of carbonyl (C=O) groups is 2. The number of likely N-dealkylation sites (tertiary alicyclic amines) is 1. The van der Waals surface area contributed by atoms with Crippen LogP contribution in [-0.2, 0) is 9.59 Å². The van der Waals surface area contributed by atoms with Crippen LogP contribution in [-0.4, -0.2) is 45.7 Å². The Morgan fingerprint density at radius 3 is 1.92 bits per heavy atom. The number of carboxylic acids is 1. The van der Waals surface area contributed by atoms with Crippen molar-refractivity contribution in [1.29, 1.82) is 0 Å². The molecule has 5 heteroatoms. The molecule has 0 radical (unpaired) electrons. The second-order valence-corrected chi connectivity index (χ2v) is 7.08. The van der Waals surface area contributed by atoms with Crippen LogP contribution in [0.25, 0.3) is 0 Å². The van der Waals surface area contributed by atoms with E-state index in [1.54, 1.807) is 0 Å². The Bertz CT molecular complexity index is 372. The van der Waals surface area contributed by atoms with E-state index in [2.05, 4.69) is 6.92 Å². The first-order valence-corrected chi connectivity index (χ1v) is 9.76. The lowest BCUT2D eigenvalue weighted by atomic mass is 10.1. The molecule has 0 aromatic carbocycles. The van der Waals surface area contributed by atoms with E-state index in [-0.39, 0.29) is 18.9 Å². The summed E-state index contributed by atoms with van der Waals surface area (Å²) < 4.78 is 0. The fraction of sp³-hybridized carbons (Fsp3) is 0.895. The van der Waals surface area contributed by atoms with Crippen molar-refractivity contribution in [2.24, 2.45) is 0 Å². The monoisotopic (exact) mass is 341 g/mol. The first kappa shape index (κ1) is 20.9. The molecule has 1 saturated heterocycles. The third kappa shape index (κ3) is 8.13. The largest absolute Gasteiger partial charge is 0.480 e. The van der Waals surface area contributed by atoms with Gasteiger partial charge in [0.05, 0.1) is 6.10 Å². The molecular formula is C19H35NO4. The van der Waals surface area contributed by atoms with Crippen molar-refractivity contribution in [3.05, 3.63) is 0 Å². The van der Waals surface area contributed by atoms with Gasteiger partial charge in [-0.15, -0.1) is 0 Å². The molecule has 1 aliphatic rings. The minimum absolute atomic E-state index is 0.130. The van der Waals surface area contributed by atoms with Gasteiger partial charge in [-0.3, -0.25) is 4.79 Å². The van der Waals surface area contributed by atoms with Crippen LogP contribution in [0.1, 0.15) is 90.4 Å². The molecule has 2 atom stereocenters. The van der Waals surface area contributed by atoms with E-state index in [9.17, 15) is 14.7 Å². The number of aliphatic hydroxyl groups excluding tert-OH is 1. The molecule has 0 aromatic rings. The highest BCUT2D eigenvalue weighted by Gasteiger charge is 2.38. The number of β-amino-alcohol motifs (C(OH)–C–C–N with tert-alkyl or cyclic N) is 1. The topological polar surface area (TPSA) is 77.8 Å². The minimum Gasteiger partial charge on any atom is -0.480 e. The maximum absolute atomic E-state index is 12.1. The number of aliphatic hydroxyl groups is 1. The van der Waals surface area contributed by atoms with Gasteiger partial charge in [-0.1, -0.05) is 71.1 Å². The van der Waals surface area contributed by atoms with E-state index in [0.717, 1.165) is 19.3 Å². The second kappa shape index (κ2) is 12.3. The molecule has 1 rings (SSSR count). The molecule has 0 aromatic heterocycles. The lowest BCUT2D eigenvalue weighted by Gasteiger charge is -2.21. The van der Waals surface area contributed by atoms with Gasteiger partial charge in [0.25, 0.3) is 0 Å². The van der Waals surface area contributed by atoms with E-state index in [1.165, 1.54) is 56.3 Å². The van der Waals surface area contributed by atoms with E-state index in [4.69, 9.17) is 5.11 Å². The molecule has 2 unspecified atom stereocenters. The van der Waals surface area contributed by atoms with Gasteiger partial charge in [0.15, 0.2) is 0 Å². The number of carboxylic acid groups (broad SMARTS) is 1. The van der Waals surface area contributed by atoms with Crippen molar-refractivity contribution in [2.75, 3.05) is 6.54 Å². The number of amides is 1. The molecule has 140 valence electrons. The normalized spacial score (nSPS) is 20.5. The smallest absolute Gasteiger partial charge is 0.326 e. The molecule has 0 aliphatic carbocycles. The molecule has 24 heavy (non-hydrogen) atoms. The maximum Gasteiger partial charge on any atom is 0.326 e. The molecule has 0 saturated carbocycles. The zero-order chi connectivity index (χ0) is 17.8. The molecule has 1 amide bonds. The summed E-state index contributed by atoms with van der Waals surface area (Å²) in [4.78, 5) is 24.6. The van der Waals surface area contributed by atoms with Crippen molar-refractivity contribution in [2.45, 2.75) is 103 Å². The lowest BCUT2D eigenvalue weighted by molar-refractivity contribution is -0.148. The van der Waals surface area contributed by atoms with Crippen molar-refractivity contribution in [3.63, 3.8) is 0 Å². The van der Waals surface area contributed by atoms with E-state index < -0.39 is 18.1 Å². The van der Waals surface area contributed by atoms with E-state index in [1.807, 2.05) is 0 Å². The number of hydrogen-bond acceptors (Lipinski definition) is 3. The number of nitrogens with zero attached hydrogens (tertiary/aromatic N) is 1. The third-order valence-electron chi connectivity index (χ3n) is 4.88. The summed E-state index contributed by atoms with van der Waals surface area (Å²) in [5, 5.41) is 18.7. The summed E-state index contributed by atoms with van der Waals surface area (Å²) in [6.07, 6.45) is 13.3. The van der Waals surface area contributed by atoms with Crippen LogP contribution in [0.5, 0.6) is 0 Å². The standard InChI is InChI=1S/C19H35NO4/c1-2-3-4-5-6-7-8-9-10-11-12-13-18(22)20-15-16(21)14-17(20)19(23)24/h16-17,21H,2-15H2,1H3,(H,23,24). The van der Waals surface area contributed by atoms with Crippen molar-refractivity contribution >= 4 is 11.9 Å². The third-order valence-corrected chi connectivity index (χ3v) is 4.88. The minimum atomic E-state index is -1.01. The van der Waals surface area contributed by atoms with Gasteiger partial charge in [0, 0.05) is 19.4 Å². The summed E-state index contributed by atoms with van der Waals surface area (Å²) in [6.45, 7) is 2.40. The van der Waals surface area contributed by atoms with Crippen LogP contribution in [0, 0.1) is 0 Å². The summed E-state index contributed by atoms with van der Waals surface area (Å²) >= 11 is 0. The van der Waals surface area contributed by atoms with E-state index in [0.29, 0.717) is 6.42 Å². The predicted molar refractivity (Wildman–Crippen MR) is 94.8 cm³/mol. The number of hydrogen-bond donors (Lipinski definition) is 2. The Hall–Kier alpha value is -1.10. The van der Waals surface area contributed by atoms with Crippen molar-refractivity contribution in [3.8, 4) is 0 Å². The van der Waals surface area contributed by atoms with Gasteiger partial charge in [-0.2, -0.15) is 0 Å². The average molecular weight is 341 g/mol. The van der Waals surface area contributed by atoms with Gasteiger partial charge < -0.3 is 15.1 Å². The predicted octanol–water partition coefficient (Wildman–Crippen LogP) is 3.73. The lowest BCUT2D eigenvalue weighted by Crippen LogP contribution is -2.40. The summed E-state index contributed by atoms with van der Waals surface area (Å²) in [5.74, 6) is -1.14. The highest BCUT2D eigenvalue weighted by Crippen LogP contribution is 2.20. The molecule has 2 N–H and O–H groups in total. The van der Waals surface area contributed by atoms with Crippen molar-refractivity contribution < 1.29 is 19.8 Å². The van der Waals surface area contributed by atoms with E-state index >= 15 is 0 Å². The molecule has 0 bridgehead atoms. The summed E-state index contributed by atoms with van der Waals surface area (Å²) in [6, 6.07) is -0.847. The van der Waals surface area contributed by atoms with Crippen LogP contribution in [0.2, 0.25) is 0 Å². The quantitative estimate of drug-likeness (QED) is 0.500. The molecule has 5 nitrogen and oxygen atoms in total. The first-order chi connectivity index (χ1) is 11.6.